The van der Waals surface area contributed by atoms with Crippen molar-refractivity contribution in [2.45, 2.75) is 26.3 Å². The molecule has 0 bridgehead atoms. The Bertz CT molecular complexity index is 989. The monoisotopic (exact) mass is 372 g/mol. The van der Waals surface area contributed by atoms with E-state index in [0.717, 1.165) is 36.0 Å². The average molecular weight is 372 g/mol. The van der Waals surface area contributed by atoms with Crippen molar-refractivity contribution in [3.63, 3.8) is 0 Å². The average Bonchev–Trinajstić information content (AvgIpc) is 3.31. The lowest BCUT2D eigenvalue weighted by atomic mass is 10.0. The molecule has 2 aliphatic heterocycles. The van der Waals surface area contributed by atoms with Crippen LogP contribution in [0.15, 0.2) is 72.8 Å². The number of fused-ring (bicyclic) bond motifs is 2. The lowest BCUT2D eigenvalue weighted by molar-refractivity contribution is 0.0771. The van der Waals surface area contributed by atoms with Crippen molar-refractivity contribution < 1.29 is 9.47 Å². The maximum Gasteiger partial charge on any atom is 0.229 e. The van der Waals surface area contributed by atoms with Gasteiger partial charge in [0.25, 0.3) is 0 Å². The Morgan fingerprint density at radius 3 is 1.96 bits per heavy atom. The molecule has 0 fully saturated rings. The lowest BCUT2D eigenvalue weighted by Gasteiger charge is -2.33. The van der Waals surface area contributed by atoms with Crippen LogP contribution < -0.4 is 19.3 Å². The van der Waals surface area contributed by atoms with Crippen molar-refractivity contribution >= 4 is 11.4 Å². The van der Waals surface area contributed by atoms with Crippen LogP contribution in [-0.4, -0.2) is 25.5 Å². The Morgan fingerprint density at radius 1 is 0.643 bits per heavy atom. The zero-order valence-corrected chi connectivity index (χ0v) is 16.2. The highest BCUT2D eigenvalue weighted by molar-refractivity contribution is 5.74. The number of likely N-dealkylation sites (N-methyl/N-ethyl adjacent to an activating group) is 2. The van der Waals surface area contributed by atoms with Crippen LogP contribution in [0.2, 0.25) is 0 Å². The summed E-state index contributed by atoms with van der Waals surface area (Å²) in [5, 5.41) is 0. The quantitative estimate of drug-likeness (QED) is 0.633. The van der Waals surface area contributed by atoms with Gasteiger partial charge in [-0.1, -0.05) is 48.5 Å². The van der Waals surface area contributed by atoms with E-state index in [1.165, 1.54) is 11.1 Å². The molecule has 142 valence electrons. The van der Waals surface area contributed by atoms with Crippen molar-refractivity contribution in [3.05, 3.63) is 72.8 Å². The van der Waals surface area contributed by atoms with E-state index in [-0.39, 0.29) is 12.5 Å². The molecule has 2 unspecified atom stereocenters. The van der Waals surface area contributed by atoms with E-state index in [2.05, 4.69) is 78.2 Å². The highest BCUT2D eigenvalue weighted by Crippen LogP contribution is 2.45. The summed E-state index contributed by atoms with van der Waals surface area (Å²) in [6.45, 7) is 6.04. The van der Waals surface area contributed by atoms with Gasteiger partial charge in [0.15, 0.2) is 0 Å². The first kappa shape index (κ1) is 17.0. The molecule has 2 atom stereocenters. The number of para-hydroxylation sites is 2. The molecule has 0 spiro atoms. The van der Waals surface area contributed by atoms with Crippen molar-refractivity contribution in [2.75, 3.05) is 22.9 Å². The fourth-order valence-electron chi connectivity index (χ4n) is 4.23. The van der Waals surface area contributed by atoms with Crippen LogP contribution in [0.1, 0.15) is 13.8 Å². The van der Waals surface area contributed by atoms with Crippen LogP contribution in [0.5, 0.6) is 11.5 Å². The van der Waals surface area contributed by atoms with Gasteiger partial charge in [-0.05, 0) is 49.2 Å². The molecule has 3 aromatic carbocycles. The van der Waals surface area contributed by atoms with Crippen LogP contribution in [0, 0.1) is 0 Å². The molecule has 0 aromatic heterocycles. The summed E-state index contributed by atoms with van der Waals surface area (Å²) in [6, 6.07) is 25.1. The van der Waals surface area contributed by atoms with E-state index < -0.39 is 0 Å². The van der Waals surface area contributed by atoms with Crippen LogP contribution >= 0.6 is 0 Å². The molecule has 4 nitrogen and oxygen atoms in total. The van der Waals surface area contributed by atoms with E-state index in [1.54, 1.807) is 0 Å². The van der Waals surface area contributed by atoms with E-state index in [4.69, 9.17) is 9.47 Å². The predicted octanol–water partition coefficient (Wildman–Crippen LogP) is 5.14. The summed E-state index contributed by atoms with van der Waals surface area (Å²) in [4.78, 5) is 4.59. The highest BCUT2D eigenvalue weighted by atomic mass is 16.6. The van der Waals surface area contributed by atoms with Gasteiger partial charge >= 0.3 is 0 Å². The van der Waals surface area contributed by atoms with Crippen LogP contribution in [0.25, 0.3) is 11.1 Å². The lowest BCUT2D eigenvalue weighted by Crippen LogP contribution is -2.53. The fraction of sp³-hybridized carbons (Fsp3) is 0.250. The molecular weight excluding hydrogens is 348 g/mol. The first-order valence-corrected chi connectivity index (χ1v) is 9.95. The predicted molar refractivity (Wildman–Crippen MR) is 113 cm³/mol. The first-order chi connectivity index (χ1) is 13.8. The van der Waals surface area contributed by atoms with E-state index in [1.807, 2.05) is 18.2 Å². The van der Waals surface area contributed by atoms with Crippen molar-refractivity contribution in [1.82, 2.24) is 0 Å². The minimum absolute atomic E-state index is 0.171. The Hall–Kier alpha value is -3.14. The fourth-order valence-corrected chi connectivity index (χ4v) is 4.23. The Morgan fingerprint density at radius 2 is 1.25 bits per heavy atom. The molecule has 0 amide bonds. The van der Waals surface area contributed by atoms with Gasteiger partial charge in [0.2, 0.25) is 12.5 Å². The molecule has 0 N–H and O–H groups in total. The van der Waals surface area contributed by atoms with Gasteiger partial charge in [0.1, 0.15) is 11.5 Å². The Balaban J connectivity index is 1.49. The van der Waals surface area contributed by atoms with Gasteiger partial charge in [0, 0.05) is 13.1 Å². The summed E-state index contributed by atoms with van der Waals surface area (Å²) in [5.74, 6) is 1.84. The van der Waals surface area contributed by atoms with Gasteiger partial charge in [-0.2, -0.15) is 0 Å². The molecule has 3 aromatic rings. The molecule has 4 heteroatoms. The zero-order chi connectivity index (χ0) is 19.1. The first-order valence-electron chi connectivity index (χ1n) is 9.95. The second-order valence-electron chi connectivity index (χ2n) is 7.11. The van der Waals surface area contributed by atoms with Crippen molar-refractivity contribution in [2.24, 2.45) is 0 Å². The topological polar surface area (TPSA) is 24.9 Å². The summed E-state index contributed by atoms with van der Waals surface area (Å²) < 4.78 is 12.7. The minimum atomic E-state index is -0.182. The van der Waals surface area contributed by atoms with Crippen LogP contribution in [0.4, 0.5) is 11.4 Å². The number of rotatable bonds is 4. The van der Waals surface area contributed by atoms with Crippen LogP contribution in [-0.2, 0) is 0 Å². The number of hydrogen-bond acceptors (Lipinski definition) is 4. The number of benzene rings is 3. The third kappa shape index (κ3) is 2.60. The molecule has 0 saturated carbocycles. The molecule has 0 saturated heterocycles. The van der Waals surface area contributed by atoms with Gasteiger partial charge in [-0.3, -0.25) is 0 Å². The zero-order valence-electron chi connectivity index (χ0n) is 16.2. The molecule has 2 aliphatic rings. The van der Waals surface area contributed by atoms with E-state index in [9.17, 15) is 0 Å². The largest absolute Gasteiger partial charge is 0.462 e. The van der Waals surface area contributed by atoms with Gasteiger partial charge in [-0.15, -0.1) is 0 Å². The Labute approximate surface area is 165 Å². The second kappa shape index (κ2) is 6.79. The maximum atomic E-state index is 6.41. The third-order valence-electron chi connectivity index (χ3n) is 5.59. The number of hydrogen-bond donors (Lipinski definition) is 0. The molecular formula is C24H24N2O2. The van der Waals surface area contributed by atoms with Gasteiger partial charge in [-0.25, -0.2) is 0 Å². The normalized spacial score (nSPS) is 19.8. The third-order valence-corrected chi connectivity index (χ3v) is 5.59. The molecule has 2 heterocycles. The number of nitrogens with zero attached hydrogens (tertiary/aromatic N) is 2. The molecule has 5 rings (SSSR count). The Kier molecular flexibility index (Phi) is 4.12. The van der Waals surface area contributed by atoms with E-state index >= 15 is 0 Å². The molecule has 0 aliphatic carbocycles. The molecule has 0 radical (unpaired) electrons. The standard InChI is InChI=1S/C24H24N2O2/c1-3-25-19-12-8-9-13-21(19)27-23(25)24-26(4-2)20-16-18(14-15-22(20)28-24)17-10-6-5-7-11-17/h5-16,23-24H,3-4H2,1-2H3. The molecule has 28 heavy (non-hydrogen) atoms. The number of ether oxygens (including phenoxy) is 2. The van der Waals surface area contributed by atoms with Gasteiger partial charge in [0.05, 0.1) is 11.4 Å². The van der Waals surface area contributed by atoms with Crippen molar-refractivity contribution in [3.8, 4) is 22.6 Å². The van der Waals surface area contributed by atoms with Gasteiger partial charge < -0.3 is 19.3 Å². The maximum absolute atomic E-state index is 6.41. The second-order valence-corrected chi connectivity index (χ2v) is 7.11. The van der Waals surface area contributed by atoms with E-state index in [0.29, 0.717) is 0 Å². The summed E-state index contributed by atoms with van der Waals surface area (Å²) in [7, 11) is 0. The number of anilines is 2. The van der Waals surface area contributed by atoms with Crippen molar-refractivity contribution in [1.29, 1.82) is 0 Å². The van der Waals surface area contributed by atoms with Crippen LogP contribution in [0.3, 0.4) is 0 Å². The smallest absolute Gasteiger partial charge is 0.229 e. The summed E-state index contributed by atoms with van der Waals surface area (Å²) in [6.07, 6.45) is -0.353. The minimum Gasteiger partial charge on any atom is -0.462 e. The highest BCUT2D eigenvalue weighted by Gasteiger charge is 2.44. The summed E-state index contributed by atoms with van der Waals surface area (Å²) >= 11 is 0. The SMILES string of the molecule is CCN1c2ccccc2OC1C1Oc2ccc(-c3ccccc3)cc2N1CC. The summed E-state index contributed by atoms with van der Waals surface area (Å²) in [5.41, 5.74) is 4.68.